The van der Waals surface area contributed by atoms with Crippen molar-refractivity contribution in [1.29, 1.82) is 0 Å². The summed E-state index contributed by atoms with van der Waals surface area (Å²) in [6.45, 7) is 0. The van der Waals surface area contributed by atoms with Crippen LogP contribution >= 0.6 is 0 Å². The molecule has 0 saturated heterocycles. The van der Waals surface area contributed by atoms with Crippen LogP contribution in [0.5, 0.6) is 0 Å². The third-order valence-electron chi connectivity index (χ3n) is 3.89. The summed E-state index contributed by atoms with van der Waals surface area (Å²) in [5.41, 5.74) is 3.20. The number of carboxylic acid groups (broad SMARTS) is 1. The Balaban J connectivity index is 2.04. The van der Waals surface area contributed by atoms with Crippen LogP contribution in [-0.4, -0.2) is 24.2 Å². The van der Waals surface area contributed by atoms with Crippen LogP contribution in [0.2, 0.25) is 0 Å². The quantitative estimate of drug-likeness (QED) is 0.694. The minimum absolute atomic E-state index is 0.215. The second kappa shape index (κ2) is 7.53. The van der Waals surface area contributed by atoms with Gasteiger partial charge < -0.3 is 14.3 Å². The zero-order valence-electron chi connectivity index (χ0n) is 14.0. The Morgan fingerprint density at radius 3 is 1.88 bits per heavy atom. The molecule has 0 aliphatic rings. The van der Waals surface area contributed by atoms with Crippen LogP contribution in [0.1, 0.15) is 37.6 Å². The fraction of sp³-hybridized carbons (Fsp3) is 0.0476. The smallest absolute Gasteiger partial charge is 0.337 e. The summed E-state index contributed by atoms with van der Waals surface area (Å²) in [7, 11) is 1.34. The third-order valence-corrected chi connectivity index (χ3v) is 3.89. The number of carbonyl (C=O) groups excluding carboxylic acids is 1. The van der Waals surface area contributed by atoms with Crippen LogP contribution in [0.15, 0.2) is 71.3 Å². The molecule has 26 heavy (non-hydrogen) atoms. The molecule has 0 atom stereocenters. The highest BCUT2D eigenvalue weighted by molar-refractivity contribution is 5.94. The summed E-state index contributed by atoms with van der Waals surface area (Å²) in [6, 6.07) is 17.2. The van der Waals surface area contributed by atoms with Crippen LogP contribution in [0.3, 0.4) is 0 Å². The Bertz CT molecular complexity index is 933. The molecule has 1 aromatic heterocycles. The lowest BCUT2D eigenvalue weighted by Gasteiger charge is -2.10. The molecule has 0 radical (unpaired) electrons. The number of hydrogen-bond donors (Lipinski definition) is 1. The van der Waals surface area contributed by atoms with Crippen molar-refractivity contribution in [2.45, 2.75) is 0 Å². The van der Waals surface area contributed by atoms with E-state index in [2.05, 4.69) is 0 Å². The first-order valence-corrected chi connectivity index (χ1v) is 7.86. The molecule has 0 aliphatic carbocycles. The number of carbonyl (C=O) groups is 2. The lowest BCUT2D eigenvalue weighted by atomic mass is 9.95. The largest absolute Gasteiger partial charge is 0.478 e. The van der Waals surface area contributed by atoms with Gasteiger partial charge in [0.05, 0.1) is 24.5 Å². The summed E-state index contributed by atoms with van der Waals surface area (Å²) in [5, 5.41) is 9.07. The van der Waals surface area contributed by atoms with Crippen molar-refractivity contribution in [3.05, 3.63) is 94.9 Å². The normalized spacial score (nSPS) is 11.2. The third kappa shape index (κ3) is 3.72. The van der Waals surface area contributed by atoms with Crippen molar-refractivity contribution in [2.24, 2.45) is 0 Å². The van der Waals surface area contributed by atoms with Crippen molar-refractivity contribution in [1.82, 2.24) is 0 Å². The van der Waals surface area contributed by atoms with Crippen molar-refractivity contribution >= 4 is 23.6 Å². The number of methoxy groups -OCH3 is 1. The fourth-order valence-corrected chi connectivity index (χ4v) is 2.55. The minimum atomic E-state index is -0.976. The molecule has 5 nitrogen and oxygen atoms in total. The van der Waals surface area contributed by atoms with Gasteiger partial charge in [-0.2, -0.15) is 0 Å². The molecule has 1 heterocycles. The molecule has 0 spiro atoms. The summed E-state index contributed by atoms with van der Waals surface area (Å²) in [5.74, 6) is -0.714. The van der Waals surface area contributed by atoms with E-state index in [1.54, 1.807) is 48.7 Å². The van der Waals surface area contributed by atoms with Gasteiger partial charge >= 0.3 is 11.9 Å². The molecule has 0 unspecified atom stereocenters. The molecule has 2 aromatic carbocycles. The van der Waals surface area contributed by atoms with E-state index < -0.39 is 11.9 Å². The van der Waals surface area contributed by atoms with Gasteiger partial charge in [0, 0.05) is 0 Å². The van der Waals surface area contributed by atoms with Gasteiger partial charge in [-0.3, -0.25) is 0 Å². The van der Waals surface area contributed by atoms with E-state index in [0.29, 0.717) is 11.3 Å². The van der Waals surface area contributed by atoms with Crippen LogP contribution < -0.4 is 0 Å². The zero-order chi connectivity index (χ0) is 18.5. The molecule has 0 bridgehead atoms. The molecule has 0 fully saturated rings. The molecule has 130 valence electrons. The van der Waals surface area contributed by atoms with Crippen LogP contribution in [0.25, 0.3) is 11.6 Å². The van der Waals surface area contributed by atoms with E-state index in [0.717, 1.165) is 16.7 Å². The Kier molecular flexibility index (Phi) is 4.99. The molecule has 5 heteroatoms. The Morgan fingerprint density at radius 2 is 1.42 bits per heavy atom. The van der Waals surface area contributed by atoms with E-state index >= 15 is 0 Å². The Labute approximate surface area is 150 Å². The second-order valence-electron chi connectivity index (χ2n) is 5.52. The average Bonchev–Trinajstić information content (AvgIpc) is 3.19. The SMILES string of the molecule is COC(=O)c1ccc(C(=Cc2ccco2)c2ccc(C(=O)O)cc2)cc1. The van der Waals surface area contributed by atoms with Gasteiger partial charge in [-0.15, -0.1) is 0 Å². The van der Waals surface area contributed by atoms with E-state index in [9.17, 15) is 9.59 Å². The predicted octanol–water partition coefficient (Wildman–Crippen LogP) is 4.35. The summed E-state index contributed by atoms with van der Waals surface area (Å²) < 4.78 is 10.1. The van der Waals surface area contributed by atoms with E-state index in [1.165, 1.54) is 7.11 Å². The number of aromatic carboxylic acids is 1. The van der Waals surface area contributed by atoms with Crippen molar-refractivity contribution in [2.75, 3.05) is 7.11 Å². The van der Waals surface area contributed by atoms with Crippen molar-refractivity contribution in [3.8, 4) is 0 Å². The maximum Gasteiger partial charge on any atom is 0.337 e. The molecule has 0 saturated carbocycles. The number of carboxylic acids is 1. The zero-order valence-corrected chi connectivity index (χ0v) is 14.0. The van der Waals surface area contributed by atoms with E-state index in [-0.39, 0.29) is 5.56 Å². The number of rotatable bonds is 5. The number of furan rings is 1. The van der Waals surface area contributed by atoms with Gasteiger partial charge in [-0.1, -0.05) is 24.3 Å². The molecule has 3 rings (SSSR count). The van der Waals surface area contributed by atoms with Crippen LogP contribution in [-0.2, 0) is 4.74 Å². The lowest BCUT2D eigenvalue weighted by molar-refractivity contribution is 0.0599. The first-order valence-electron chi connectivity index (χ1n) is 7.86. The molecule has 0 amide bonds. The highest BCUT2D eigenvalue weighted by atomic mass is 16.5. The fourth-order valence-electron chi connectivity index (χ4n) is 2.55. The number of esters is 1. The summed E-state index contributed by atoms with van der Waals surface area (Å²) in [4.78, 5) is 22.7. The standard InChI is InChI=1S/C21H16O5/c1-25-21(24)17-10-6-15(7-11-17)19(13-18-3-2-12-26-18)14-4-8-16(9-5-14)20(22)23/h2-13H,1H3,(H,22,23). The van der Waals surface area contributed by atoms with Crippen molar-refractivity contribution in [3.63, 3.8) is 0 Å². The van der Waals surface area contributed by atoms with Crippen molar-refractivity contribution < 1.29 is 23.8 Å². The monoisotopic (exact) mass is 348 g/mol. The average molecular weight is 348 g/mol. The predicted molar refractivity (Wildman–Crippen MR) is 96.9 cm³/mol. The van der Waals surface area contributed by atoms with Crippen LogP contribution in [0.4, 0.5) is 0 Å². The number of hydrogen-bond acceptors (Lipinski definition) is 4. The number of ether oxygens (including phenoxy) is 1. The Morgan fingerprint density at radius 1 is 0.885 bits per heavy atom. The van der Waals surface area contributed by atoms with Gasteiger partial charge in [-0.25, -0.2) is 9.59 Å². The molecule has 3 aromatic rings. The van der Waals surface area contributed by atoms with E-state index in [4.69, 9.17) is 14.3 Å². The highest BCUT2D eigenvalue weighted by Gasteiger charge is 2.11. The van der Waals surface area contributed by atoms with Gasteiger partial charge in [0.2, 0.25) is 0 Å². The summed E-state index contributed by atoms with van der Waals surface area (Å²) >= 11 is 0. The lowest BCUT2D eigenvalue weighted by Crippen LogP contribution is -2.01. The van der Waals surface area contributed by atoms with Crippen LogP contribution in [0, 0.1) is 0 Å². The Hall–Kier alpha value is -3.60. The van der Waals surface area contributed by atoms with Gasteiger partial charge in [0.25, 0.3) is 0 Å². The first kappa shape index (κ1) is 17.2. The molecular weight excluding hydrogens is 332 g/mol. The topological polar surface area (TPSA) is 76.7 Å². The summed E-state index contributed by atoms with van der Waals surface area (Å²) in [6.07, 6.45) is 3.44. The minimum Gasteiger partial charge on any atom is -0.478 e. The number of benzene rings is 2. The van der Waals surface area contributed by atoms with Gasteiger partial charge in [0.1, 0.15) is 5.76 Å². The first-order chi connectivity index (χ1) is 12.6. The molecule has 1 N–H and O–H groups in total. The maximum absolute atomic E-state index is 11.6. The molecular formula is C21H16O5. The van der Waals surface area contributed by atoms with Gasteiger partial charge in [-0.05, 0) is 59.2 Å². The van der Waals surface area contributed by atoms with E-state index in [1.807, 2.05) is 24.3 Å². The second-order valence-corrected chi connectivity index (χ2v) is 5.52. The molecule has 0 aliphatic heterocycles. The van der Waals surface area contributed by atoms with Gasteiger partial charge in [0.15, 0.2) is 0 Å². The highest BCUT2D eigenvalue weighted by Crippen LogP contribution is 2.27. The maximum atomic E-state index is 11.6.